The summed E-state index contributed by atoms with van der Waals surface area (Å²) in [4.78, 5) is 17.1. The number of amides is 1. The van der Waals surface area contributed by atoms with E-state index in [0.29, 0.717) is 17.2 Å². The molecule has 0 atom stereocenters. The highest BCUT2D eigenvalue weighted by atomic mass is 16.5. The Hall–Kier alpha value is -3.86. The third-order valence-corrected chi connectivity index (χ3v) is 4.65. The Bertz CT molecular complexity index is 1130. The lowest BCUT2D eigenvalue weighted by molar-refractivity contribution is 0.102. The number of rotatable bonds is 5. The molecule has 0 fully saturated rings. The van der Waals surface area contributed by atoms with Crippen LogP contribution in [0.15, 0.2) is 83.6 Å². The number of carbonyl (C=O) groups excluding carboxylic acids is 1. The molecule has 5 nitrogen and oxygen atoms in total. The van der Waals surface area contributed by atoms with Gasteiger partial charge in [0.15, 0.2) is 17.8 Å². The number of nitrogens with one attached hydrogen (secondary N) is 1. The molecule has 4 aromatic rings. The highest BCUT2D eigenvalue weighted by Crippen LogP contribution is 2.32. The maximum Gasteiger partial charge on any atom is 0.278 e. The molecule has 0 saturated heterocycles. The molecule has 0 aliphatic heterocycles. The first-order chi connectivity index (χ1) is 14.2. The quantitative estimate of drug-likeness (QED) is 0.488. The summed E-state index contributed by atoms with van der Waals surface area (Å²) in [6.07, 6.45) is 1.28. The van der Waals surface area contributed by atoms with Gasteiger partial charge in [0.2, 0.25) is 0 Å². The van der Waals surface area contributed by atoms with Gasteiger partial charge in [-0.05, 0) is 30.2 Å². The molecule has 1 heterocycles. The molecular formula is C24H20N2O3. The maximum atomic E-state index is 13.0. The van der Waals surface area contributed by atoms with Crippen molar-refractivity contribution < 1.29 is 13.9 Å². The molecule has 1 amide bonds. The second-order valence-electron chi connectivity index (χ2n) is 6.63. The van der Waals surface area contributed by atoms with Crippen molar-refractivity contribution in [3.63, 3.8) is 0 Å². The molecule has 0 aliphatic rings. The molecule has 29 heavy (non-hydrogen) atoms. The number of carbonyl (C=O) groups is 1. The Balaban J connectivity index is 1.65. The van der Waals surface area contributed by atoms with Crippen molar-refractivity contribution in [1.82, 2.24) is 4.98 Å². The average Bonchev–Trinajstić information content (AvgIpc) is 3.25. The Morgan fingerprint density at radius 1 is 0.931 bits per heavy atom. The molecule has 1 aromatic heterocycles. The van der Waals surface area contributed by atoms with E-state index in [-0.39, 0.29) is 11.6 Å². The fourth-order valence-electron chi connectivity index (χ4n) is 3.11. The van der Waals surface area contributed by atoms with E-state index in [0.717, 1.165) is 22.3 Å². The predicted molar refractivity (Wildman–Crippen MR) is 113 cm³/mol. The molecular weight excluding hydrogens is 364 g/mol. The summed E-state index contributed by atoms with van der Waals surface area (Å²) >= 11 is 0. The lowest BCUT2D eigenvalue weighted by Gasteiger charge is -2.12. The van der Waals surface area contributed by atoms with Crippen molar-refractivity contribution >= 4 is 11.6 Å². The summed E-state index contributed by atoms with van der Waals surface area (Å²) < 4.78 is 10.9. The molecule has 0 radical (unpaired) electrons. The van der Waals surface area contributed by atoms with E-state index in [4.69, 9.17) is 9.15 Å². The zero-order valence-corrected chi connectivity index (χ0v) is 16.2. The number of anilines is 1. The van der Waals surface area contributed by atoms with Crippen LogP contribution >= 0.6 is 0 Å². The topological polar surface area (TPSA) is 64.4 Å². The van der Waals surface area contributed by atoms with Gasteiger partial charge in [-0.25, -0.2) is 4.98 Å². The first-order valence-electron chi connectivity index (χ1n) is 9.21. The van der Waals surface area contributed by atoms with Gasteiger partial charge in [-0.1, -0.05) is 66.2 Å². The Morgan fingerprint density at radius 3 is 2.38 bits per heavy atom. The van der Waals surface area contributed by atoms with Crippen LogP contribution in [0.25, 0.3) is 22.5 Å². The van der Waals surface area contributed by atoms with Gasteiger partial charge in [-0.2, -0.15) is 0 Å². The van der Waals surface area contributed by atoms with Gasteiger partial charge < -0.3 is 14.5 Å². The lowest BCUT2D eigenvalue weighted by Crippen LogP contribution is -2.14. The SMILES string of the molecule is COc1ccc(-c2ccccc2)cc1NC(=O)c1ncoc1-c1ccc(C)cc1. The molecule has 0 spiro atoms. The van der Waals surface area contributed by atoms with Crippen LogP contribution < -0.4 is 10.1 Å². The highest BCUT2D eigenvalue weighted by Gasteiger charge is 2.20. The third kappa shape index (κ3) is 3.89. The van der Waals surface area contributed by atoms with E-state index in [2.05, 4.69) is 10.3 Å². The molecule has 1 N–H and O–H groups in total. The van der Waals surface area contributed by atoms with Crippen molar-refractivity contribution in [1.29, 1.82) is 0 Å². The van der Waals surface area contributed by atoms with Crippen LogP contribution in [0.3, 0.4) is 0 Å². The van der Waals surface area contributed by atoms with E-state index in [1.54, 1.807) is 7.11 Å². The van der Waals surface area contributed by atoms with Crippen LogP contribution in [-0.2, 0) is 0 Å². The van der Waals surface area contributed by atoms with Crippen LogP contribution in [0.4, 0.5) is 5.69 Å². The number of aromatic nitrogens is 1. The van der Waals surface area contributed by atoms with Gasteiger partial charge in [-0.15, -0.1) is 0 Å². The Labute approximate surface area is 169 Å². The van der Waals surface area contributed by atoms with Gasteiger partial charge in [0.05, 0.1) is 12.8 Å². The number of ether oxygens (including phenoxy) is 1. The standard InChI is InChI=1S/C24H20N2O3/c1-16-8-10-18(11-9-16)23-22(25-15-29-23)24(27)26-20-14-19(12-13-21(20)28-2)17-6-4-3-5-7-17/h3-15H,1-2H3,(H,26,27). The van der Waals surface area contributed by atoms with Crippen LogP contribution in [0.1, 0.15) is 16.1 Å². The lowest BCUT2D eigenvalue weighted by atomic mass is 10.0. The first kappa shape index (κ1) is 18.5. The Morgan fingerprint density at radius 2 is 1.66 bits per heavy atom. The van der Waals surface area contributed by atoms with E-state index >= 15 is 0 Å². The van der Waals surface area contributed by atoms with Gasteiger partial charge in [-0.3, -0.25) is 4.79 Å². The number of nitrogens with zero attached hydrogens (tertiary/aromatic N) is 1. The summed E-state index contributed by atoms with van der Waals surface area (Å²) in [5.74, 6) is 0.636. The number of hydrogen-bond acceptors (Lipinski definition) is 4. The normalized spacial score (nSPS) is 10.6. The van der Waals surface area contributed by atoms with Crippen LogP contribution in [0.5, 0.6) is 5.75 Å². The number of benzene rings is 3. The van der Waals surface area contributed by atoms with Crippen molar-refractivity contribution in [2.45, 2.75) is 6.92 Å². The molecule has 5 heteroatoms. The minimum Gasteiger partial charge on any atom is -0.495 e. The summed E-state index contributed by atoms with van der Waals surface area (Å²) in [5, 5.41) is 2.91. The second-order valence-corrected chi connectivity index (χ2v) is 6.63. The minimum absolute atomic E-state index is 0.223. The van der Waals surface area contributed by atoms with Crippen LogP contribution in [0, 0.1) is 6.92 Å². The zero-order valence-electron chi connectivity index (χ0n) is 16.2. The number of hydrogen-bond donors (Lipinski definition) is 1. The van der Waals surface area contributed by atoms with E-state index in [1.165, 1.54) is 6.39 Å². The van der Waals surface area contributed by atoms with Gasteiger partial charge in [0.25, 0.3) is 5.91 Å². The molecule has 0 aliphatic carbocycles. The number of aryl methyl sites for hydroxylation is 1. The number of methoxy groups -OCH3 is 1. The monoisotopic (exact) mass is 384 g/mol. The smallest absolute Gasteiger partial charge is 0.278 e. The Kier molecular flexibility index (Phi) is 5.12. The third-order valence-electron chi connectivity index (χ3n) is 4.65. The molecule has 0 unspecified atom stereocenters. The molecule has 0 saturated carbocycles. The van der Waals surface area contributed by atoms with Gasteiger partial charge in [0.1, 0.15) is 5.75 Å². The zero-order chi connectivity index (χ0) is 20.2. The summed E-state index contributed by atoms with van der Waals surface area (Å²) in [6, 6.07) is 23.4. The fourth-order valence-corrected chi connectivity index (χ4v) is 3.11. The van der Waals surface area contributed by atoms with Crippen molar-refractivity contribution in [3.8, 4) is 28.2 Å². The van der Waals surface area contributed by atoms with Crippen LogP contribution in [0.2, 0.25) is 0 Å². The summed E-state index contributed by atoms with van der Waals surface area (Å²) in [6.45, 7) is 2.00. The van der Waals surface area contributed by atoms with E-state index in [9.17, 15) is 4.79 Å². The molecule has 144 valence electrons. The van der Waals surface area contributed by atoms with E-state index < -0.39 is 0 Å². The molecule has 4 rings (SSSR count). The fraction of sp³-hybridized carbons (Fsp3) is 0.0833. The summed E-state index contributed by atoms with van der Waals surface area (Å²) in [7, 11) is 1.57. The van der Waals surface area contributed by atoms with Crippen molar-refractivity contribution in [2.24, 2.45) is 0 Å². The first-order valence-corrected chi connectivity index (χ1v) is 9.21. The predicted octanol–water partition coefficient (Wildman–Crippen LogP) is 5.58. The molecule has 3 aromatic carbocycles. The van der Waals surface area contributed by atoms with Gasteiger partial charge >= 0.3 is 0 Å². The largest absolute Gasteiger partial charge is 0.495 e. The maximum absolute atomic E-state index is 13.0. The van der Waals surface area contributed by atoms with Crippen molar-refractivity contribution in [2.75, 3.05) is 12.4 Å². The average molecular weight is 384 g/mol. The molecule has 0 bridgehead atoms. The number of oxazole rings is 1. The highest BCUT2D eigenvalue weighted by molar-refractivity contribution is 6.07. The minimum atomic E-state index is -0.363. The van der Waals surface area contributed by atoms with Crippen LogP contribution in [-0.4, -0.2) is 18.0 Å². The van der Waals surface area contributed by atoms with E-state index in [1.807, 2.05) is 79.7 Å². The second kappa shape index (κ2) is 8.02. The van der Waals surface area contributed by atoms with Crippen molar-refractivity contribution in [3.05, 3.63) is 90.4 Å². The summed E-state index contributed by atoms with van der Waals surface area (Å²) in [5.41, 5.74) is 4.73. The van der Waals surface area contributed by atoms with Gasteiger partial charge in [0, 0.05) is 5.56 Å².